The van der Waals surface area contributed by atoms with E-state index in [0.717, 1.165) is 22.6 Å². The Morgan fingerprint density at radius 2 is 1.52 bits per heavy atom. The smallest absolute Gasteiger partial charge is 0.232 e. The van der Waals surface area contributed by atoms with Crippen LogP contribution in [0.15, 0.2) is 66.7 Å². The first-order valence-corrected chi connectivity index (χ1v) is 8.94. The van der Waals surface area contributed by atoms with E-state index in [1.165, 1.54) is 0 Å². The highest BCUT2D eigenvalue weighted by Crippen LogP contribution is 2.24. The summed E-state index contributed by atoms with van der Waals surface area (Å²) in [6.45, 7) is 2.22. The van der Waals surface area contributed by atoms with E-state index in [1.807, 2.05) is 92.6 Å². The molecular formula is C22H24N4O. The number of benzene rings is 2. The van der Waals surface area contributed by atoms with Crippen LogP contribution in [0.2, 0.25) is 0 Å². The van der Waals surface area contributed by atoms with Gasteiger partial charge in [0.05, 0.1) is 12.5 Å². The maximum atomic E-state index is 13.0. The highest BCUT2D eigenvalue weighted by Gasteiger charge is 2.22. The van der Waals surface area contributed by atoms with Gasteiger partial charge in [0.2, 0.25) is 5.91 Å². The van der Waals surface area contributed by atoms with Crippen molar-refractivity contribution in [1.82, 2.24) is 15.3 Å². The van der Waals surface area contributed by atoms with E-state index in [4.69, 9.17) is 0 Å². The molecule has 0 aliphatic carbocycles. The quantitative estimate of drug-likeness (QED) is 0.733. The first-order valence-electron chi connectivity index (χ1n) is 8.94. The zero-order valence-corrected chi connectivity index (χ0v) is 15.9. The van der Waals surface area contributed by atoms with E-state index >= 15 is 0 Å². The predicted octanol–water partition coefficient (Wildman–Crippen LogP) is 3.30. The minimum Gasteiger partial charge on any atom is -0.363 e. The summed E-state index contributed by atoms with van der Waals surface area (Å²) in [4.78, 5) is 23.9. The molecule has 5 nitrogen and oxygen atoms in total. The summed E-state index contributed by atoms with van der Waals surface area (Å²) in [7, 11) is 3.87. The monoisotopic (exact) mass is 360 g/mol. The predicted molar refractivity (Wildman–Crippen MR) is 108 cm³/mol. The van der Waals surface area contributed by atoms with Gasteiger partial charge in [-0.2, -0.15) is 0 Å². The fourth-order valence-corrected chi connectivity index (χ4v) is 2.97. The summed E-state index contributed by atoms with van der Waals surface area (Å²) in [5.74, 6) is 0.996. The Balaban J connectivity index is 1.82. The maximum Gasteiger partial charge on any atom is 0.232 e. The number of hydrogen-bond acceptors (Lipinski definition) is 4. The molecule has 0 unspecified atom stereocenters. The molecule has 1 heterocycles. The fourth-order valence-electron chi connectivity index (χ4n) is 2.97. The van der Waals surface area contributed by atoms with Gasteiger partial charge in [-0.3, -0.25) is 4.79 Å². The zero-order valence-electron chi connectivity index (χ0n) is 15.9. The van der Waals surface area contributed by atoms with E-state index in [1.54, 1.807) is 0 Å². The number of carbonyl (C=O) groups is 1. The highest BCUT2D eigenvalue weighted by atomic mass is 16.1. The molecule has 0 spiro atoms. The zero-order chi connectivity index (χ0) is 19.2. The minimum atomic E-state index is -0.370. The van der Waals surface area contributed by atoms with Gasteiger partial charge in [-0.1, -0.05) is 60.7 Å². The number of anilines is 1. The topological polar surface area (TPSA) is 58.1 Å². The Labute approximate surface area is 160 Å². The lowest BCUT2D eigenvalue weighted by Crippen LogP contribution is -2.30. The van der Waals surface area contributed by atoms with E-state index in [-0.39, 0.29) is 18.4 Å². The Morgan fingerprint density at radius 3 is 2.04 bits per heavy atom. The van der Waals surface area contributed by atoms with Crippen LogP contribution in [0, 0.1) is 6.92 Å². The molecule has 1 N–H and O–H groups in total. The van der Waals surface area contributed by atoms with Gasteiger partial charge in [0.1, 0.15) is 11.6 Å². The number of nitrogens with zero attached hydrogens (tertiary/aromatic N) is 3. The van der Waals surface area contributed by atoms with Crippen molar-refractivity contribution in [2.75, 3.05) is 19.0 Å². The average molecular weight is 360 g/mol. The molecule has 3 rings (SSSR count). The van der Waals surface area contributed by atoms with Crippen LogP contribution in [-0.4, -0.2) is 30.0 Å². The van der Waals surface area contributed by atoms with E-state index in [2.05, 4.69) is 15.3 Å². The normalized spacial score (nSPS) is 10.7. The first kappa shape index (κ1) is 18.6. The van der Waals surface area contributed by atoms with Crippen molar-refractivity contribution in [3.8, 4) is 0 Å². The third kappa shape index (κ3) is 4.70. The number of aromatic nitrogens is 2. The molecule has 0 aliphatic heterocycles. The molecule has 2 aromatic carbocycles. The number of amides is 1. The molecule has 0 radical (unpaired) electrons. The van der Waals surface area contributed by atoms with Gasteiger partial charge in [0, 0.05) is 25.9 Å². The van der Waals surface area contributed by atoms with Crippen LogP contribution in [0.5, 0.6) is 0 Å². The van der Waals surface area contributed by atoms with Crippen molar-refractivity contribution in [2.45, 2.75) is 19.4 Å². The summed E-state index contributed by atoms with van der Waals surface area (Å²) in [5, 5.41) is 3.01. The van der Waals surface area contributed by atoms with Crippen molar-refractivity contribution in [3.05, 3.63) is 89.4 Å². The molecular weight excluding hydrogens is 336 g/mol. The van der Waals surface area contributed by atoms with Crippen molar-refractivity contribution < 1.29 is 4.79 Å². The second-order valence-corrected chi connectivity index (χ2v) is 6.65. The number of nitrogens with one attached hydrogen (secondary N) is 1. The molecule has 5 heteroatoms. The van der Waals surface area contributed by atoms with Gasteiger partial charge in [0.25, 0.3) is 0 Å². The third-order valence-corrected chi connectivity index (χ3v) is 4.29. The molecule has 0 saturated carbocycles. The Bertz CT molecular complexity index is 855. The molecule has 3 aromatic rings. The second kappa shape index (κ2) is 8.45. The van der Waals surface area contributed by atoms with Crippen LogP contribution in [0.25, 0.3) is 0 Å². The average Bonchev–Trinajstić information content (AvgIpc) is 2.68. The molecule has 138 valence electrons. The van der Waals surface area contributed by atoms with Gasteiger partial charge in [-0.05, 0) is 18.1 Å². The lowest BCUT2D eigenvalue weighted by molar-refractivity contribution is -0.121. The Kier molecular flexibility index (Phi) is 5.81. The van der Waals surface area contributed by atoms with Crippen LogP contribution in [0.4, 0.5) is 5.82 Å². The van der Waals surface area contributed by atoms with Crippen molar-refractivity contribution >= 4 is 11.7 Å². The lowest BCUT2D eigenvalue weighted by Gasteiger charge is -2.18. The largest absolute Gasteiger partial charge is 0.363 e. The number of hydrogen-bond donors (Lipinski definition) is 1. The molecule has 0 bridgehead atoms. The van der Waals surface area contributed by atoms with Crippen molar-refractivity contribution in [3.63, 3.8) is 0 Å². The highest BCUT2D eigenvalue weighted by molar-refractivity contribution is 5.87. The minimum absolute atomic E-state index is 0.0658. The van der Waals surface area contributed by atoms with Crippen LogP contribution >= 0.6 is 0 Å². The maximum absolute atomic E-state index is 13.0. The van der Waals surface area contributed by atoms with Crippen molar-refractivity contribution in [2.24, 2.45) is 0 Å². The molecule has 1 aromatic heterocycles. The Morgan fingerprint density at radius 1 is 0.963 bits per heavy atom. The standard InChI is InChI=1S/C22H24N4O/c1-16-14-20(26(2)3)25-19(24-16)15-23-22(27)21(17-10-6-4-7-11-17)18-12-8-5-9-13-18/h4-14,21H,15H2,1-3H3,(H,23,27). The molecule has 0 fully saturated rings. The van der Waals surface area contributed by atoms with Crippen molar-refractivity contribution in [1.29, 1.82) is 0 Å². The van der Waals surface area contributed by atoms with E-state index in [0.29, 0.717) is 5.82 Å². The second-order valence-electron chi connectivity index (χ2n) is 6.65. The summed E-state index contributed by atoms with van der Waals surface area (Å²) in [6, 6.07) is 21.5. The van der Waals surface area contributed by atoms with Crippen LogP contribution in [0.1, 0.15) is 28.6 Å². The first-order chi connectivity index (χ1) is 13.0. The summed E-state index contributed by atoms with van der Waals surface area (Å²) < 4.78 is 0. The lowest BCUT2D eigenvalue weighted by atomic mass is 9.90. The van der Waals surface area contributed by atoms with E-state index < -0.39 is 0 Å². The number of rotatable bonds is 6. The van der Waals surface area contributed by atoms with Gasteiger partial charge < -0.3 is 10.2 Å². The van der Waals surface area contributed by atoms with Crippen LogP contribution in [-0.2, 0) is 11.3 Å². The molecule has 27 heavy (non-hydrogen) atoms. The fraction of sp³-hybridized carbons (Fsp3) is 0.227. The third-order valence-electron chi connectivity index (χ3n) is 4.29. The van der Waals surface area contributed by atoms with Crippen LogP contribution < -0.4 is 10.2 Å². The summed E-state index contributed by atoms with van der Waals surface area (Å²) in [5.41, 5.74) is 2.79. The van der Waals surface area contributed by atoms with Crippen LogP contribution in [0.3, 0.4) is 0 Å². The van der Waals surface area contributed by atoms with Gasteiger partial charge >= 0.3 is 0 Å². The molecule has 0 aliphatic rings. The van der Waals surface area contributed by atoms with E-state index in [9.17, 15) is 4.79 Å². The molecule has 0 saturated heterocycles. The SMILES string of the molecule is Cc1cc(N(C)C)nc(CNC(=O)C(c2ccccc2)c2ccccc2)n1. The molecule has 1 amide bonds. The summed E-state index contributed by atoms with van der Waals surface area (Å²) in [6.07, 6.45) is 0. The van der Waals surface area contributed by atoms with Gasteiger partial charge in [-0.25, -0.2) is 9.97 Å². The number of aryl methyl sites for hydroxylation is 1. The number of carbonyl (C=O) groups excluding carboxylic acids is 1. The Hall–Kier alpha value is -3.21. The van der Waals surface area contributed by atoms with Gasteiger partial charge in [0.15, 0.2) is 0 Å². The summed E-state index contributed by atoms with van der Waals surface area (Å²) >= 11 is 0. The van der Waals surface area contributed by atoms with Gasteiger partial charge in [-0.15, -0.1) is 0 Å². The molecule has 0 atom stereocenters.